The molecule has 154 valence electrons. The zero-order valence-electron chi connectivity index (χ0n) is 18.0. The highest BCUT2D eigenvalue weighted by Crippen LogP contribution is 2.29. The molecule has 1 fully saturated rings. The summed E-state index contributed by atoms with van der Waals surface area (Å²) >= 11 is 0. The van der Waals surface area contributed by atoms with Crippen molar-refractivity contribution in [2.45, 2.75) is 59.2 Å². The SMILES string of the molecule is C/C=C\c1cc(C(=O)OC)ccc1N1CC(C)N(C(=O)OC(C)(C)C)CC1C. The van der Waals surface area contributed by atoms with Crippen LogP contribution in [0.25, 0.3) is 6.08 Å². The summed E-state index contributed by atoms with van der Waals surface area (Å²) in [6, 6.07) is 5.69. The van der Waals surface area contributed by atoms with Gasteiger partial charge in [0.05, 0.1) is 12.7 Å². The molecule has 0 bridgehead atoms. The minimum atomic E-state index is -0.514. The maximum atomic E-state index is 12.6. The Morgan fingerprint density at radius 3 is 2.39 bits per heavy atom. The lowest BCUT2D eigenvalue weighted by atomic mass is 10.0. The summed E-state index contributed by atoms with van der Waals surface area (Å²) in [5.74, 6) is -0.353. The van der Waals surface area contributed by atoms with E-state index in [2.05, 4.69) is 11.8 Å². The molecule has 2 atom stereocenters. The van der Waals surface area contributed by atoms with Crippen LogP contribution in [0.5, 0.6) is 0 Å². The third-order valence-corrected chi connectivity index (χ3v) is 4.72. The van der Waals surface area contributed by atoms with Crippen LogP contribution in [0.4, 0.5) is 10.5 Å². The molecule has 1 amide bonds. The summed E-state index contributed by atoms with van der Waals surface area (Å²) in [6.07, 6.45) is 3.66. The molecule has 0 N–H and O–H groups in total. The Kier molecular flexibility index (Phi) is 6.75. The number of carbonyl (C=O) groups excluding carboxylic acids is 2. The number of ether oxygens (including phenoxy) is 2. The molecular formula is C22H32N2O4. The van der Waals surface area contributed by atoms with Gasteiger partial charge in [0.2, 0.25) is 0 Å². The smallest absolute Gasteiger partial charge is 0.410 e. The second kappa shape index (κ2) is 8.67. The van der Waals surface area contributed by atoms with E-state index in [1.54, 1.807) is 11.0 Å². The Bertz CT molecular complexity index is 751. The number of methoxy groups -OCH3 is 1. The molecule has 0 spiro atoms. The zero-order chi connectivity index (χ0) is 21.1. The molecule has 28 heavy (non-hydrogen) atoms. The molecule has 1 heterocycles. The number of piperazine rings is 1. The number of hydrogen-bond donors (Lipinski definition) is 0. The molecule has 0 radical (unpaired) electrons. The van der Waals surface area contributed by atoms with Crippen molar-refractivity contribution in [3.63, 3.8) is 0 Å². The summed E-state index contributed by atoms with van der Waals surface area (Å²) in [4.78, 5) is 28.5. The Morgan fingerprint density at radius 1 is 1.14 bits per heavy atom. The molecule has 6 heteroatoms. The summed E-state index contributed by atoms with van der Waals surface area (Å²) in [5, 5.41) is 0. The van der Waals surface area contributed by atoms with Crippen molar-refractivity contribution in [2.75, 3.05) is 25.1 Å². The van der Waals surface area contributed by atoms with Crippen LogP contribution < -0.4 is 4.90 Å². The number of esters is 1. The molecule has 2 unspecified atom stereocenters. The molecule has 2 rings (SSSR count). The van der Waals surface area contributed by atoms with E-state index in [9.17, 15) is 9.59 Å². The minimum absolute atomic E-state index is 0.00443. The monoisotopic (exact) mass is 388 g/mol. The second-order valence-electron chi connectivity index (χ2n) is 8.25. The molecule has 1 aromatic rings. The van der Waals surface area contributed by atoms with Crippen molar-refractivity contribution in [3.05, 3.63) is 35.4 Å². The molecule has 0 saturated carbocycles. The van der Waals surface area contributed by atoms with Crippen LogP contribution in [0.1, 0.15) is 57.5 Å². The maximum Gasteiger partial charge on any atom is 0.410 e. The van der Waals surface area contributed by atoms with Gasteiger partial charge >= 0.3 is 12.1 Å². The number of benzene rings is 1. The quantitative estimate of drug-likeness (QED) is 0.721. The van der Waals surface area contributed by atoms with Crippen LogP contribution in [0.3, 0.4) is 0 Å². The number of rotatable bonds is 3. The first-order chi connectivity index (χ1) is 13.1. The van der Waals surface area contributed by atoms with Crippen molar-refractivity contribution < 1.29 is 19.1 Å². The van der Waals surface area contributed by atoms with E-state index >= 15 is 0 Å². The van der Waals surface area contributed by atoms with E-state index in [1.807, 2.05) is 58.9 Å². The summed E-state index contributed by atoms with van der Waals surface area (Å²) in [5.41, 5.74) is 2.00. The van der Waals surface area contributed by atoms with Gasteiger partial charge in [-0.15, -0.1) is 0 Å². The molecule has 0 aromatic heterocycles. The van der Waals surface area contributed by atoms with Gasteiger partial charge in [-0.25, -0.2) is 9.59 Å². The van der Waals surface area contributed by atoms with Crippen molar-refractivity contribution >= 4 is 23.8 Å². The summed E-state index contributed by atoms with van der Waals surface area (Å²) in [7, 11) is 1.38. The minimum Gasteiger partial charge on any atom is -0.465 e. The maximum absolute atomic E-state index is 12.6. The third kappa shape index (κ3) is 5.06. The Balaban J connectivity index is 2.27. The van der Waals surface area contributed by atoms with Crippen LogP contribution in [-0.2, 0) is 9.47 Å². The lowest BCUT2D eigenvalue weighted by Crippen LogP contribution is -2.59. The average molecular weight is 389 g/mol. The van der Waals surface area contributed by atoms with E-state index in [0.717, 1.165) is 11.3 Å². The predicted octanol–water partition coefficient (Wildman–Crippen LogP) is 4.34. The van der Waals surface area contributed by atoms with Crippen LogP contribution in [-0.4, -0.2) is 54.8 Å². The van der Waals surface area contributed by atoms with Gasteiger partial charge in [-0.2, -0.15) is 0 Å². The van der Waals surface area contributed by atoms with E-state index in [0.29, 0.717) is 18.7 Å². The highest BCUT2D eigenvalue weighted by molar-refractivity contribution is 5.91. The topological polar surface area (TPSA) is 59.1 Å². The van der Waals surface area contributed by atoms with Crippen LogP contribution in [0.15, 0.2) is 24.3 Å². The van der Waals surface area contributed by atoms with Crippen LogP contribution in [0.2, 0.25) is 0 Å². The lowest BCUT2D eigenvalue weighted by Gasteiger charge is -2.45. The molecular weight excluding hydrogens is 356 g/mol. The van der Waals surface area contributed by atoms with Gasteiger partial charge in [0.1, 0.15) is 5.60 Å². The first-order valence-electron chi connectivity index (χ1n) is 9.68. The molecule has 6 nitrogen and oxygen atoms in total. The van der Waals surface area contributed by atoms with E-state index in [-0.39, 0.29) is 24.1 Å². The van der Waals surface area contributed by atoms with E-state index < -0.39 is 5.60 Å². The largest absolute Gasteiger partial charge is 0.465 e. The highest BCUT2D eigenvalue weighted by Gasteiger charge is 2.35. The van der Waals surface area contributed by atoms with Crippen molar-refractivity contribution in [2.24, 2.45) is 0 Å². The fraction of sp³-hybridized carbons (Fsp3) is 0.545. The highest BCUT2D eigenvalue weighted by atomic mass is 16.6. The zero-order valence-corrected chi connectivity index (χ0v) is 18.0. The van der Waals surface area contributed by atoms with Gasteiger partial charge in [0, 0.05) is 30.9 Å². The standard InChI is InChI=1S/C22H32N2O4/c1-8-9-17-12-18(20(25)27-7)10-11-19(17)23-13-16(3)24(14-15(23)2)21(26)28-22(4,5)6/h8-12,15-16H,13-14H2,1-7H3/b9-8-. The number of nitrogens with zero attached hydrogens (tertiary/aromatic N) is 2. The third-order valence-electron chi connectivity index (χ3n) is 4.72. The Hall–Kier alpha value is -2.50. The molecule has 1 aliphatic rings. The van der Waals surface area contributed by atoms with Crippen LogP contribution >= 0.6 is 0 Å². The van der Waals surface area contributed by atoms with Crippen LogP contribution in [0, 0.1) is 0 Å². The number of anilines is 1. The summed E-state index contributed by atoms with van der Waals surface area (Å²) < 4.78 is 10.4. The fourth-order valence-corrected chi connectivity index (χ4v) is 3.41. The molecule has 1 aliphatic heterocycles. The first kappa shape index (κ1) is 21.8. The molecule has 1 saturated heterocycles. The Labute approximate surface area is 168 Å². The number of amides is 1. The van der Waals surface area contributed by atoms with Gasteiger partial charge in [0.15, 0.2) is 0 Å². The molecule has 0 aliphatic carbocycles. The number of allylic oxidation sites excluding steroid dienone is 1. The second-order valence-corrected chi connectivity index (χ2v) is 8.25. The number of hydrogen-bond acceptors (Lipinski definition) is 5. The van der Waals surface area contributed by atoms with Gasteiger partial charge < -0.3 is 19.3 Å². The molecule has 1 aromatic carbocycles. The lowest BCUT2D eigenvalue weighted by molar-refractivity contribution is 0.0130. The first-order valence-corrected chi connectivity index (χ1v) is 9.68. The van der Waals surface area contributed by atoms with Crippen molar-refractivity contribution in [3.8, 4) is 0 Å². The normalized spacial score (nSPS) is 20.4. The predicted molar refractivity (Wildman–Crippen MR) is 112 cm³/mol. The fourth-order valence-electron chi connectivity index (χ4n) is 3.41. The van der Waals surface area contributed by atoms with E-state index in [4.69, 9.17) is 9.47 Å². The van der Waals surface area contributed by atoms with Crippen molar-refractivity contribution in [1.82, 2.24) is 4.90 Å². The van der Waals surface area contributed by atoms with Gasteiger partial charge in [-0.3, -0.25) is 0 Å². The number of carbonyl (C=O) groups is 2. The summed E-state index contributed by atoms with van der Waals surface area (Å²) in [6.45, 7) is 13.0. The average Bonchev–Trinajstić information content (AvgIpc) is 2.61. The van der Waals surface area contributed by atoms with E-state index in [1.165, 1.54) is 7.11 Å². The Morgan fingerprint density at radius 2 is 1.82 bits per heavy atom. The van der Waals surface area contributed by atoms with Crippen molar-refractivity contribution in [1.29, 1.82) is 0 Å². The van der Waals surface area contributed by atoms with Gasteiger partial charge in [-0.05, 0) is 65.3 Å². The van der Waals surface area contributed by atoms with Gasteiger partial charge in [0.25, 0.3) is 0 Å². The van der Waals surface area contributed by atoms with Gasteiger partial charge in [-0.1, -0.05) is 12.2 Å².